The van der Waals surface area contributed by atoms with E-state index in [1.54, 1.807) is 19.1 Å². The molecule has 0 spiro atoms. The summed E-state index contributed by atoms with van der Waals surface area (Å²) in [5, 5.41) is 2.51. The maximum Gasteiger partial charge on any atom is 0.416 e. The van der Waals surface area contributed by atoms with E-state index < -0.39 is 27.8 Å². The van der Waals surface area contributed by atoms with Crippen LogP contribution in [-0.4, -0.2) is 51.0 Å². The van der Waals surface area contributed by atoms with Crippen molar-refractivity contribution in [3.8, 4) is 0 Å². The van der Waals surface area contributed by atoms with Crippen LogP contribution in [0.3, 0.4) is 0 Å². The maximum atomic E-state index is 13.1. The molecule has 192 valence electrons. The highest BCUT2D eigenvalue weighted by atomic mass is 79.9. The van der Waals surface area contributed by atoms with Crippen molar-refractivity contribution in [2.75, 3.05) is 24.2 Å². The summed E-state index contributed by atoms with van der Waals surface area (Å²) in [7, 11) is -2.45. The molecule has 2 aromatic carbocycles. The maximum absolute atomic E-state index is 13.1. The first-order valence-electron chi connectivity index (χ1n) is 10.6. The fourth-order valence-electron chi connectivity index (χ4n) is 3.42. The molecule has 0 aromatic heterocycles. The molecule has 0 aliphatic heterocycles. The average molecular weight is 578 g/mol. The number of nitrogens with zero attached hydrogens (tertiary/aromatic N) is 2. The molecule has 2 amide bonds. The lowest BCUT2D eigenvalue weighted by molar-refractivity contribution is -0.140. The lowest BCUT2D eigenvalue weighted by atomic mass is 10.1. The molecule has 0 bridgehead atoms. The predicted octanol–water partition coefficient (Wildman–Crippen LogP) is 4.18. The van der Waals surface area contributed by atoms with Gasteiger partial charge in [-0.1, -0.05) is 34.1 Å². The van der Waals surface area contributed by atoms with Crippen molar-refractivity contribution >= 4 is 43.5 Å². The zero-order valence-electron chi connectivity index (χ0n) is 19.5. The lowest BCUT2D eigenvalue weighted by Crippen LogP contribution is -2.46. The fourth-order valence-corrected chi connectivity index (χ4v) is 4.64. The number of hydrogen-bond acceptors (Lipinski definition) is 4. The van der Waals surface area contributed by atoms with Gasteiger partial charge >= 0.3 is 6.18 Å². The normalized spacial score (nSPS) is 12.7. The summed E-state index contributed by atoms with van der Waals surface area (Å²) in [6.45, 7) is 1.54. The van der Waals surface area contributed by atoms with Gasteiger partial charge in [-0.25, -0.2) is 8.42 Å². The van der Waals surface area contributed by atoms with Crippen molar-refractivity contribution in [2.24, 2.45) is 0 Å². The van der Waals surface area contributed by atoms with E-state index in [1.165, 1.54) is 18.0 Å². The number of halogens is 4. The largest absolute Gasteiger partial charge is 0.416 e. The van der Waals surface area contributed by atoms with Crippen LogP contribution in [0.5, 0.6) is 0 Å². The van der Waals surface area contributed by atoms with E-state index in [1.807, 2.05) is 12.1 Å². The van der Waals surface area contributed by atoms with Crippen LogP contribution in [0.2, 0.25) is 0 Å². The Morgan fingerprint density at radius 3 is 2.29 bits per heavy atom. The number of amides is 2. The number of benzene rings is 2. The van der Waals surface area contributed by atoms with Crippen LogP contribution >= 0.6 is 15.9 Å². The number of nitrogens with one attached hydrogen (secondary N) is 1. The van der Waals surface area contributed by atoms with Crippen molar-refractivity contribution in [1.82, 2.24) is 10.2 Å². The van der Waals surface area contributed by atoms with Crippen LogP contribution < -0.4 is 9.62 Å². The lowest BCUT2D eigenvalue weighted by Gasteiger charge is -2.29. The molecule has 0 fully saturated rings. The minimum Gasteiger partial charge on any atom is -0.357 e. The predicted molar refractivity (Wildman–Crippen MR) is 131 cm³/mol. The Morgan fingerprint density at radius 1 is 1.11 bits per heavy atom. The first-order valence-corrected chi connectivity index (χ1v) is 13.3. The molecule has 0 aliphatic carbocycles. The van der Waals surface area contributed by atoms with Crippen LogP contribution in [0.25, 0.3) is 0 Å². The quantitative estimate of drug-likeness (QED) is 0.459. The van der Waals surface area contributed by atoms with Gasteiger partial charge in [0.2, 0.25) is 21.8 Å². The Hall–Kier alpha value is -2.60. The van der Waals surface area contributed by atoms with Crippen LogP contribution in [-0.2, 0) is 32.3 Å². The topological polar surface area (TPSA) is 86.8 Å². The molecule has 0 saturated carbocycles. The Kier molecular flexibility index (Phi) is 9.73. The van der Waals surface area contributed by atoms with E-state index in [4.69, 9.17) is 0 Å². The van der Waals surface area contributed by atoms with Gasteiger partial charge in [0.15, 0.2) is 0 Å². The van der Waals surface area contributed by atoms with Crippen molar-refractivity contribution in [3.63, 3.8) is 0 Å². The van der Waals surface area contributed by atoms with Gasteiger partial charge in [-0.3, -0.25) is 13.9 Å². The molecule has 7 nitrogen and oxygen atoms in total. The Balaban J connectivity index is 2.18. The summed E-state index contributed by atoms with van der Waals surface area (Å²) in [5.41, 5.74) is -0.320. The zero-order valence-corrected chi connectivity index (χ0v) is 21.9. The highest BCUT2D eigenvalue weighted by Crippen LogP contribution is 2.32. The summed E-state index contributed by atoms with van der Waals surface area (Å²) in [4.78, 5) is 26.7. The minimum absolute atomic E-state index is 0.0411. The van der Waals surface area contributed by atoms with E-state index in [9.17, 15) is 31.2 Å². The van der Waals surface area contributed by atoms with Crippen molar-refractivity contribution < 1.29 is 31.2 Å². The highest BCUT2D eigenvalue weighted by Gasteiger charge is 2.32. The third-order valence-corrected chi connectivity index (χ3v) is 7.02. The molecular formula is C23H27BrF3N3O4S. The van der Waals surface area contributed by atoms with Gasteiger partial charge in [0.1, 0.15) is 6.04 Å². The number of sulfonamides is 1. The third kappa shape index (κ3) is 8.24. The molecule has 12 heteroatoms. The number of alkyl halides is 3. The number of rotatable bonds is 10. The second kappa shape index (κ2) is 11.9. The molecule has 0 heterocycles. The van der Waals surface area contributed by atoms with Gasteiger partial charge in [-0.15, -0.1) is 0 Å². The molecule has 0 saturated heterocycles. The summed E-state index contributed by atoms with van der Waals surface area (Å²) >= 11 is 3.34. The number of anilines is 1. The van der Waals surface area contributed by atoms with Crippen LogP contribution in [0, 0.1) is 0 Å². The summed E-state index contributed by atoms with van der Waals surface area (Å²) in [5.74, 6) is -0.751. The first-order chi connectivity index (χ1) is 16.2. The van der Waals surface area contributed by atoms with Crippen LogP contribution in [0.1, 0.15) is 30.9 Å². The standard InChI is InChI=1S/C23H27BrF3N3O4S/c1-16(22(32)28-2)29(15-17-9-11-19(24)12-10-17)21(31)8-5-13-30(35(3,33)34)20-7-4-6-18(14-20)23(25,26)27/h4,6-7,9-12,14,16H,5,8,13,15H2,1-3H3,(H,28,32). The fraction of sp³-hybridized carbons (Fsp3) is 0.391. The SMILES string of the molecule is CNC(=O)C(C)N(Cc1ccc(Br)cc1)C(=O)CCCN(c1cccc(C(F)(F)F)c1)S(C)(=O)=O. The summed E-state index contributed by atoms with van der Waals surface area (Å²) < 4.78 is 65.6. The molecule has 2 rings (SSSR count). The van der Waals surface area contributed by atoms with Gasteiger partial charge in [-0.2, -0.15) is 13.2 Å². The van der Waals surface area contributed by atoms with E-state index in [0.29, 0.717) is 0 Å². The molecule has 1 N–H and O–H groups in total. The minimum atomic E-state index is -4.63. The van der Waals surface area contributed by atoms with Gasteiger partial charge in [0.05, 0.1) is 17.5 Å². The van der Waals surface area contributed by atoms with E-state index in [-0.39, 0.29) is 43.4 Å². The average Bonchev–Trinajstić information content (AvgIpc) is 2.79. The number of carbonyl (C=O) groups excluding carboxylic acids is 2. The Bertz CT molecular complexity index is 1140. The van der Waals surface area contributed by atoms with Crippen LogP contribution in [0.15, 0.2) is 53.0 Å². The first kappa shape index (κ1) is 28.6. The van der Waals surface area contributed by atoms with E-state index in [2.05, 4.69) is 21.2 Å². The second-order valence-electron chi connectivity index (χ2n) is 7.93. The van der Waals surface area contributed by atoms with E-state index in [0.717, 1.165) is 38.8 Å². The smallest absolute Gasteiger partial charge is 0.357 e. The number of likely N-dealkylation sites (N-methyl/N-ethyl adjacent to an activating group) is 1. The third-order valence-electron chi connectivity index (χ3n) is 5.29. The van der Waals surface area contributed by atoms with Crippen LogP contribution in [0.4, 0.5) is 18.9 Å². The molecule has 0 radical (unpaired) electrons. The zero-order chi connectivity index (χ0) is 26.4. The van der Waals surface area contributed by atoms with E-state index >= 15 is 0 Å². The molecule has 2 aromatic rings. The van der Waals surface area contributed by atoms with Crippen molar-refractivity contribution in [2.45, 2.75) is 38.5 Å². The molecule has 35 heavy (non-hydrogen) atoms. The Labute approximate surface area is 211 Å². The molecule has 1 atom stereocenters. The molecular weight excluding hydrogens is 551 g/mol. The highest BCUT2D eigenvalue weighted by molar-refractivity contribution is 9.10. The summed E-state index contributed by atoms with van der Waals surface area (Å²) in [6, 6.07) is 10.5. The number of hydrogen-bond donors (Lipinski definition) is 1. The monoisotopic (exact) mass is 577 g/mol. The van der Waals surface area contributed by atoms with Gasteiger partial charge in [0.25, 0.3) is 0 Å². The van der Waals surface area contributed by atoms with Crippen molar-refractivity contribution in [1.29, 1.82) is 0 Å². The second-order valence-corrected chi connectivity index (χ2v) is 10.7. The van der Waals surface area contributed by atoms with Crippen molar-refractivity contribution in [3.05, 3.63) is 64.1 Å². The van der Waals surface area contributed by atoms with Gasteiger partial charge in [0, 0.05) is 31.0 Å². The number of carbonyl (C=O) groups is 2. The van der Waals surface area contributed by atoms with Gasteiger partial charge in [-0.05, 0) is 49.2 Å². The molecule has 0 aliphatic rings. The van der Waals surface area contributed by atoms with Gasteiger partial charge < -0.3 is 10.2 Å². The Morgan fingerprint density at radius 2 is 1.74 bits per heavy atom. The molecule has 1 unspecified atom stereocenters. The summed E-state index contributed by atoms with van der Waals surface area (Å²) in [6.07, 6.45) is -3.80.